The molecule has 1 aliphatic rings. The molecule has 0 atom stereocenters. The number of piperidine rings is 1. The number of anilines is 2. The SMILES string of the molecule is OC1(CCNc2ncnc3[nH]ncc23)CCN(c2ccccc2)CC1. The molecular weight excluding hydrogens is 316 g/mol. The summed E-state index contributed by atoms with van der Waals surface area (Å²) >= 11 is 0. The Bertz CT molecular complexity index is 826. The van der Waals surface area contributed by atoms with Crippen LogP contribution in [-0.2, 0) is 0 Å². The molecule has 3 N–H and O–H groups in total. The van der Waals surface area contributed by atoms with Crippen molar-refractivity contribution in [1.29, 1.82) is 0 Å². The Hall–Kier alpha value is -2.67. The van der Waals surface area contributed by atoms with Crippen LogP contribution >= 0.6 is 0 Å². The highest BCUT2D eigenvalue weighted by Crippen LogP contribution is 2.29. The minimum absolute atomic E-state index is 0.624. The number of para-hydroxylation sites is 1. The van der Waals surface area contributed by atoms with Crippen LogP contribution in [0.2, 0.25) is 0 Å². The molecule has 0 saturated carbocycles. The molecule has 0 unspecified atom stereocenters. The molecule has 1 fully saturated rings. The molecule has 130 valence electrons. The van der Waals surface area contributed by atoms with Crippen molar-refractivity contribution in [3.8, 4) is 0 Å². The zero-order valence-electron chi connectivity index (χ0n) is 14.0. The van der Waals surface area contributed by atoms with Gasteiger partial charge >= 0.3 is 0 Å². The monoisotopic (exact) mass is 338 g/mol. The van der Waals surface area contributed by atoms with Gasteiger partial charge < -0.3 is 15.3 Å². The quantitative estimate of drug-likeness (QED) is 0.661. The van der Waals surface area contributed by atoms with Crippen molar-refractivity contribution in [2.45, 2.75) is 24.9 Å². The predicted molar refractivity (Wildman–Crippen MR) is 97.6 cm³/mol. The standard InChI is InChI=1S/C18H22N6O/c25-18(7-10-24(11-8-18)14-4-2-1-3-5-14)6-9-19-16-15-12-22-23-17(15)21-13-20-16/h1-5,12-13,25H,6-11H2,(H2,19,20,21,22,23). The molecule has 1 aliphatic heterocycles. The molecule has 1 saturated heterocycles. The highest BCUT2D eigenvalue weighted by Gasteiger charge is 2.31. The largest absolute Gasteiger partial charge is 0.390 e. The Morgan fingerprint density at radius 1 is 1.16 bits per heavy atom. The van der Waals surface area contributed by atoms with Crippen molar-refractivity contribution in [2.24, 2.45) is 0 Å². The Balaban J connectivity index is 1.32. The summed E-state index contributed by atoms with van der Waals surface area (Å²) in [5.41, 5.74) is 1.32. The average Bonchev–Trinajstić information content (AvgIpc) is 3.13. The van der Waals surface area contributed by atoms with Crippen LogP contribution in [0.15, 0.2) is 42.9 Å². The van der Waals surface area contributed by atoms with E-state index in [0.29, 0.717) is 18.6 Å². The van der Waals surface area contributed by atoms with E-state index in [1.54, 1.807) is 6.20 Å². The molecule has 0 radical (unpaired) electrons. The van der Waals surface area contributed by atoms with Gasteiger partial charge in [0.2, 0.25) is 0 Å². The van der Waals surface area contributed by atoms with E-state index < -0.39 is 5.60 Å². The minimum atomic E-state index is -0.624. The van der Waals surface area contributed by atoms with Gasteiger partial charge in [-0.2, -0.15) is 5.10 Å². The first-order chi connectivity index (χ1) is 12.2. The van der Waals surface area contributed by atoms with Crippen molar-refractivity contribution in [2.75, 3.05) is 29.9 Å². The third-order valence-corrected chi connectivity index (χ3v) is 4.95. The highest BCUT2D eigenvalue weighted by atomic mass is 16.3. The lowest BCUT2D eigenvalue weighted by atomic mass is 9.88. The van der Waals surface area contributed by atoms with E-state index in [4.69, 9.17) is 0 Å². The zero-order valence-corrected chi connectivity index (χ0v) is 14.0. The van der Waals surface area contributed by atoms with Crippen molar-refractivity contribution in [3.63, 3.8) is 0 Å². The molecule has 0 amide bonds. The summed E-state index contributed by atoms with van der Waals surface area (Å²) in [7, 11) is 0. The van der Waals surface area contributed by atoms with Gasteiger partial charge in [0.15, 0.2) is 5.65 Å². The number of aliphatic hydroxyl groups is 1. The minimum Gasteiger partial charge on any atom is -0.390 e. The number of benzene rings is 1. The van der Waals surface area contributed by atoms with Gasteiger partial charge in [0.25, 0.3) is 0 Å². The molecule has 3 aromatic rings. The fraction of sp³-hybridized carbons (Fsp3) is 0.389. The van der Waals surface area contributed by atoms with Crippen LogP contribution in [0.25, 0.3) is 11.0 Å². The number of aromatic nitrogens is 4. The predicted octanol–water partition coefficient (Wildman–Crippen LogP) is 2.19. The molecule has 2 aromatic heterocycles. The highest BCUT2D eigenvalue weighted by molar-refractivity contribution is 5.85. The van der Waals surface area contributed by atoms with E-state index in [2.05, 4.69) is 54.6 Å². The first-order valence-corrected chi connectivity index (χ1v) is 8.64. The summed E-state index contributed by atoms with van der Waals surface area (Å²) in [6.45, 7) is 2.42. The Morgan fingerprint density at radius 3 is 2.76 bits per heavy atom. The smallest absolute Gasteiger partial charge is 0.160 e. The number of nitrogens with zero attached hydrogens (tertiary/aromatic N) is 4. The van der Waals surface area contributed by atoms with Gasteiger partial charge in [-0.3, -0.25) is 5.10 Å². The van der Waals surface area contributed by atoms with Gasteiger partial charge in [0.05, 0.1) is 17.2 Å². The van der Waals surface area contributed by atoms with E-state index in [1.807, 2.05) is 6.07 Å². The third-order valence-electron chi connectivity index (χ3n) is 4.95. The van der Waals surface area contributed by atoms with Crippen LogP contribution in [0.5, 0.6) is 0 Å². The molecular formula is C18H22N6O. The van der Waals surface area contributed by atoms with Gasteiger partial charge in [0.1, 0.15) is 12.1 Å². The molecule has 0 aliphatic carbocycles. The van der Waals surface area contributed by atoms with E-state index >= 15 is 0 Å². The van der Waals surface area contributed by atoms with Crippen molar-refractivity contribution < 1.29 is 5.11 Å². The Kier molecular flexibility index (Phi) is 4.23. The third kappa shape index (κ3) is 3.41. The van der Waals surface area contributed by atoms with Crippen molar-refractivity contribution >= 4 is 22.5 Å². The molecule has 7 nitrogen and oxygen atoms in total. The van der Waals surface area contributed by atoms with E-state index in [-0.39, 0.29) is 0 Å². The number of rotatable bonds is 5. The van der Waals surface area contributed by atoms with Gasteiger partial charge in [-0.25, -0.2) is 9.97 Å². The van der Waals surface area contributed by atoms with Crippen LogP contribution < -0.4 is 10.2 Å². The number of nitrogens with one attached hydrogen (secondary N) is 2. The van der Waals surface area contributed by atoms with E-state index in [1.165, 1.54) is 12.0 Å². The van der Waals surface area contributed by atoms with Gasteiger partial charge in [0, 0.05) is 25.3 Å². The fourth-order valence-electron chi connectivity index (χ4n) is 3.39. The zero-order chi connectivity index (χ0) is 17.1. The van der Waals surface area contributed by atoms with E-state index in [9.17, 15) is 5.11 Å². The van der Waals surface area contributed by atoms with E-state index in [0.717, 1.165) is 37.1 Å². The molecule has 0 bridgehead atoms. The molecule has 3 heterocycles. The summed E-state index contributed by atoms with van der Waals surface area (Å²) < 4.78 is 0. The maximum absolute atomic E-state index is 10.9. The van der Waals surface area contributed by atoms with Gasteiger partial charge in [-0.05, 0) is 31.4 Å². The van der Waals surface area contributed by atoms with Crippen LogP contribution in [0.1, 0.15) is 19.3 Å². The van der Waals surface area contributed by atoms with Crippen LogP contribution in [0.3, 0.4) is 0 Å². The molecule has 4 rings (SSSR count). The normalized spacial score (nSPS) is 16.9. The van der Waals surface area contributed by atoms with Gasteiger partial charge in [-0.1, -0.05) is 18.2 Å². The molecule has 7 heteroatoms. The van der Waals surface area contributed by atoms with Crippen LogP contribution in [-0.4, -0.2) is 50.5 Å². The second-order valence-corrected chi connectivity index (χ2v) is 6.58. The number of aromatic amines is 1. The Morgan fingerprint density at radius 2 is 1.96 bits per heavy atom. The summed E-state index contributed by atoms with van der Waals surface area (Å²) in [5, 5.41) is 21.9. The second kappa shape index (κ2) is 6.68. The first kappa shape index (κ1) is 15.8. The summed E-state index contributed by atoms with van der Waals surface area (Å²) in [4.78, 5) is 10.7. The number of fused-ring (bicyclic) bond motifs is 1. The maximum Gasteiger partial charge on any atom is 0.160 e. The van der Waals surface area contributed by atoms with Crippen LogP contribution in [0, 0.1) is 0 Å². The summed E-state index contributed by atoms with van der Waals surface area (Å²) in [5.74, 6) is 0.754. The topological polar surface area (TPSA) is 90.0 Å². The fourth-order valence-corrected chi connectivity index (χ4v) is 3.39. The number of hydrogen-bond acceptors (Lipinski definition) is 6. The lowest BCUT2D eigenvalue weighted by Gasteiger charge is -2.39. The van der Waals surface area contributed by atoms with Crippen LogP contribution in [0.4, 0.5) is 11.5 Å². The summed E-state index contributed by atoms with van der Waals surface area (Å²) in [6.07, 6.45) is 5.46. The average molecular weight is 338 g/mol. The number of H-pyrrole nitrogens is 1. The van der Waals surface area contributed by atoms with Crippen molar-refractivity contribution in [1.82, 2.24) is 20.2 Å². The molecule has 0 spiro atoms. The molecule has 1 aromatic carbocycles. The lowest BCUT2D eigenvalue weighted by Crippen LogP contribution is -2.45. The first-order valence-electron chi connectivity index (χ1n) is 8.64. The maximum atomic E-state index is 10.9. The molecule has 25 heavy (non-hydrogen) atoms. The van der Waals surface area contributed by atoms with Crippen molar-refractivity contribution in [3.05, 3.63) is 42.9 Å². The second-order valence-electron chi connectivity index (χ2n) is 6.58. The van der Waals surface area contributed by atoms with Gasteiger partial charge in [-0.15, -0.1) is 0 Å². The number of hydrogen-bond donors (Lipinski definition) is 3. The summed E-state index contributed by atoms with van der Waals surface area (Å²) in [6, 6.07) is 10.4. The Labute approximate surface area is 146 Å². The lowest BCUT2D eigenvalue weighted by molar-refractivity contribution is 0.0113.